The Hall–Kier alpha value is -1.59. The van der Waals surface area contributed by atoms with Gasteiger partial charge in [-0.2, -0.15) is 0 Å². The van der Waals surface area contributed by atoms with Gasteiger partial charge in [0.25, 0.3) is 5.56 Å². The van der Waals surface area contributed by atoms with Crippen molar-refractivity contribution in [3.63, 3.8) is 0 Å². The number of aromatic nitrogens is 3. The van der Waals surface area contributed by atoms with E-state index in [9.17, 15) is 9.59 Å². The van der Waals surface area contributed by atoms with Crippen molar-refractivity contribution in [3.8, 4) is 0 Å². The number of nitrogens with two attached hydrogens (primary N) is 1. The molecule has 1 rings (SSSR count). The average molecular weight is 156 g/mol. The molecule has 0 aromatic carbocycles. The SMILES string of the molecule is Cn1nc(N)c(=O)n(C)c1=O. The number of anilines is 1. The summed E-state index contributed by atoms with van der Waals surface area (Å²) < 4.78 is 1.92. The molecule has 0 aliphatic rings. The lowest BCUT2D eigenvalue weighted by Crippen LogP contribution is -2.39. The number of rotatable bonds is 0. The number of nitrogens with zero attached hydrogens (tertiary/aromatic N) is 3. The van der Waals surface area contributed by atoms with Gasteiger partial charge in [0, 0.05) is 14.1 Å². The summed E-state index contributed by atoms with van der Waals surface area (Å²) in [7, 11) is 2.78. The maximum atomic E-state index is 10.9. The van der Waals surface area contributed by atoms with Crippen LogP contribution in [0.3, 0.4) is 0 Å². The summed E-state index contributed by atoms with van der Waals surface area (Å²) in [6, 6.07) is 0. The molecule has 0 aliphatic heterocycles. The highest BCUT2D eigenvalue weighted by Gasteiger charge is 2.02. The fourth-order valence-corrected chi connectivity index (χ4v) is 0.723. The number of aryl methyl sites for hydroxylation is 1. The van der Waals surface area contributed by atoms with Crippen molar-refractivity contribution in [2.45, 2.75) is 0 Å². The van der Waals surface area contributed by atoms with Crippen LogP contribution in [0.5, 0.6) is 0 Å². The van der Waals surface area contributed by atoms with E-state index >= 15 is 0 Å². The predicted octanol–water partition coefficient (Wildman–Crippen LogP) is -1.94. The number of hydrogen-bond donors (Lipinski definition) is 1. The van der Waals surface area contributed by atoms with E-state index < -0.39 is 11.2 Å². The number of nitrogen functional groups attached to an aromatic ring is 1. The third-order valence-electron chi connectivity index (χ3n) is 1.35. The van der Waals surface area contributed by atoms with Crippen molar-refractivity contribution in [1.29, 1.82) is 0 Å². The molecule has 0 unspecified atom stereocenters. The largest absolute Gasteiger partial charge is 0.378 e. The normalized spacial score (nSPS) is 10.0. The first-order valence-electron chi connectivity index (χ1n) is 2.94. The van der Waals surface area contributed by atoms with Gasteiger partial charge in [-0.25, -0.2) is 9.48 Å². The van der Waals surface area contributed by atoms with E-state index in [1.165, 1.54) is 14.1 Å². The first-order chi connectivity index (χ1) is 5.04. The first kappa shape index (κ1) is 7.52. The van der Waals surface area contributed by atoms with Crippen LogP contribution in [0.1, 0.15) is 0 Å². The molecular formula is C5H8N4O2. The molecule has 0 aliphatic carbocycles. The Bertz CT molecular complexity index is 354. The van der Waals surface area contributed by atoms with Crippen LogP contribution >= 0.6 is 0 Å². The Balaban J connectivity index is 3.74. The van der Waals surface area contributed by atoms with Crippen LogP contribution in [-0.4, -0.2) is 14.3 Å². The molecular weight excluding hydrogens is 148 g/mol. The van der Waals surface area contributed by atoms with Gasteiger partial charge in [-0.3, -0.25) is 9.36 Å². The van der Waals surface area contributed by atoms with Crippen molar-refractivity contribution in [2.75, 3.05) is 5.73 Å². The van der Waals surface area contributed by atoms with E-state index in [1.807, 2.05) is 0 Å². The van der Waals surface area contributed by atoms with Gasteiger partial charge in [0.05, 0.1) is 0 Å². The van der Waals surface area contributed by atoms with Crippen LogP contribution in [0.2, 0.25) is 0 Å². The maximum absolute atomic E-state index is 10.9. The molecule has 1 aromatic heterocycles. The molecule has 1 heterocycles. The van der Waals surface area contributed by atoms with E-state index in [-0.39, 0.29) is 5.82 Å². The second-order valence-corrected chi connectivity index (χ2v) is 2.16. The molecule has 6 nitrogen and oxygen atoms in total. The van der Waals surface area contributed by atoms with E-state index in [0.717, 1.165) is 9.25 Å². The molecule has 6 heteroatoms. The van der Waals surface area contributed by atoms with Crippen molar-refractivity contribution < 1.29 is 0 Å². The lowest BCUT2D eigenvalue weighted by molar-refractivity contribution is 0.607. The van der Waals surface area contributed by atoms with Crippen molar-refractivity contribution >= 4 is 5.82 Å². The highest BCUT2D eigenvalue weighted by atomic mass is 16.2. The lowest BCUT2D eigenvalue weighted by atomic mass is 10.7. The highest BCUT2D eigenvalue weighted by Crippen LogP contribution is 1.75. The van der Waals surface area contributed by atoms with E-state index in [2.05, 4.69) is 5.10 Å². The fourth-order valence-electron chi connectivity index (χ4n) is 0.723. The smallest absolute Gasteiger partial charge is 0.346 e. The summed E-state index contributed by atoms with van der Waals surface area (Å²) in [5, 5.41) is 3.48. The van der Waals surface area contributed by atoms with Crippen LogP contribution in [0.25, 0.3) is 0 Å². The Morgan fingerprint density at radius 2 is 1.91 bits per heavy atom. The predicted molar refractivity (Wildman–Crippen MR) is 39.1 cm³/mol. The Morgan fingerprint density at radius 1 is 1.36 bits per heavy atom. The quantitative estimate of drug-likeness (QED) is 0.473. The fraction of sp³-hybridized carbons (Fsp3) is 0.400. The third kappa shape index (κ3) is 1.02. The maximum Gasteiger partial charge on any atom is 0.346 e. The zero-order valence-corrected chi connectivity index (χ0v) is 6.24. The minimum atomic E-state index is -0.562. The second-order valence-electron chi connectivity index (χ2n) is 2.16. The van der Waals surface area contributed by atoms with Crippen LogP contribution in [0.4, 0.5) is 5.82 Å². The molecule has 0 saturated heterocycles. The standard InChI is InChI=1S/C5H8N4O2/c1-8-4(10)3(6)7-9(2)5(8)11/h1-2H3,(H2,6,7). The summed E-state index contributed by atoms with van der Waals surface area (Å²) in [4.78, 5) is 21.9. The molecule has 0 radical (unpaired) electrons. The van der Waals surface area contributed by atoms with Gasteiger partial charge >= 0.3 is 5.69 Å². The molecule has 11 heavy (non-hydrogen) atoms. The van der Waals surface area contributed by atoms with Gasteiger partial charge in [0.2, 0.25) is 5.82 Å². The molecule has 0 amide bonds. The van der Waals surface area contributed by atoms with Crippen molar-refractivity contribution in [1.82, 2.24) is 14.3 Å². The van der Waals surface area contributed by atoms with Gasteiger partial charge in [-0.15, -0.1) is 5.10 Å². The van der Waals surface area contributed by atoms with Crippen molar-refractivity contribution in [2.24, 2.45) is 14.1 Å². The van der Waals surface area contributed by atoms with Gasteiger partial charge in [-0.1, -0.05) is 0 Å². The van der Waals surface area contributed by atoms with Crippen LogP contribution in [0, 0.1) is 0 Å². The third-order valence-corrected chi connectivity index (χ3v) is 1.35. The summed E-state index contributed by atoms with van der Waals surface area (Å²) in [5.41, 5.74) is 4.14. The first-order valence-corrected chi connectivity index (χ1v) is 2.94. The molecule has 1 aromatic rings. The minimum absolute atomic E-state index is 0.172. The molecule has 2 N–H and O–H groups in total. The molecule has 0 spiro atoms. The Kier molecular flexibility index (Phi) is 1.52. The van der Waals surface area contributed by atoms with Gasteiger partial charge < -0.3 is 5.73 Å². The Morgan fingerprint density at radius 3 is 2.45 bits per heavy atom. The Labute approximate surface area is 61.9 Å². The van der Waals surface area contributed by atoms with Gasteiger partial charge in [-0.05, 0) is 0 Å². The monoisotopic (exact) mass is 156 g/mol. The zero-order valence-electron chi connectivity index (χ0n) is 6.24. The summed E-state index contributed by atoms with van der Waals surface area (Å²) in [6.07, 6.45) is 0. The topological polar surface area (TPSA) is 82.9 Å². The average Bonchev–Trinajstić information content (AvgIpc) is 1.97. The van der Waals surface area contributed by atoms with E-state index in [0.29, 0.717) is 0 Å². The molecule has 0 atom stereocenters. The van der Waals surface area contributed by atoms with Crippen LogP contribution < -0.4 is 17.0 Å². The summed E-state index contributed by atoms with van der Waals surface area (Å²) in [6.45, 7) is 0. The molecule has 0 fully saturated rings. The summed E-state index contributed by atoms with van der Waals surface area (Å²) in [5.74, 6) is -0.172. The highest BCUT2D eigenvalue weighted by molar-refractivity contribution is 5.20. The van der Waals surface area contributed by atoms with E-state index in [4.69, 9.17) is 5.73 Å². The second kappa shape index (κ2) is 2.22. The zero-order chi connectivity index (χ0) is 8.59. The van der Waals surface area contributed by atoms with Crippen LogP contribution in [0.15, 0.2) is 9.59 Å². The van der Waals surface area contributed by atoms with Crippen LogP contribution in [-0.2, 0) is 14.1 Å². The van der Waals surface area contributed by atoms with Gasteiger partial charge in [0.1, 0.15) is 0 Å². The van der Waals surface area contributed by atoms with Crippen molar-refractivity contribution in [3.05, 3.63) is 20.8 Å². The van der Waals surface area contributed by atoms with Gasteiger partial charge in [0.15, 0.2) is 0 Å². The molecule has 0 bridgehead atoms. The lowest BCUT2D eigenvalue weighted by Gasteiger charge is -1.99. The van der Waals surface area contributed by atoms with E-state index in [1.54, 1.807) is 0 Å². The molecule has 60 valence electrons. The summed E-state index contributed by atoms with van der Waals surface area (Å²) >= 11 is 0. The molecule has 0 saturated carbocycles. The number of hydrogen-bond acceptors (Lipinski definition) is 4. The minimum Gasteiger partial charge on any atom is -0.378 e.